The zero-order valence-corrected chi connectivity index (χ0v) is 14.7. The minimum absolute atomic E-state index is 0.0187. The molecule has 1 aromatic carbocycles. The third-order valence-electron chi connectivity index (χ3n) is 4.35. The van der Waals surface area contributed by atoms with E-state index in [0.717, 1.165) is 35.8 Å². The van der Waals surface area contributed by atoms with Gasteiger partial charge < -0.3 is 19.7 Å². The summed E-state index contributed by atoms with van der Waals surface area (Å²) in [5.41, 5.74) is 0. The highest BCUT2D eigenvalue weighted by Crippen LogP contribution is 2.31. The Kier molecular flexibility index (Phi) is 4.74. The Morgan fingerprint density at radius 3 is 2.92 bits per heavy atom. The summed E-state index contributed by atoms with van der Waals surface area (Å²) < 4.78 is 11.6. The Labute approximate surface area is 150 Å². The fraction of sp³-hybridized carbons (Fsp3) is 0.444. The summed E-state index contributed by atoms with van der Waals surface area (Å²) in [6.07, 6.45) is 4.62. The summed E-state index contributed by atoms with van der Waals surface area (Å²) in [6, 6.07) is 8.00. The zero-order chi connectivity index (χ0) is 17.1. The quantitative estimate of drug-likeness (QED) is 0.861. The summed E-state index contributed by atoms with van der Waals surface area (Å²) in [5.74, 6) is 1.56. The van der Waals surface area contributed by atoms with E-state index in [1.165, 1.54) is 0 Å². The third kappa shape index (κ3) is 4.04. The van der Waals surface area contributed by atoms with E-state index in [2.05, 4.69) is 10.3 Å². The summed E-state index contributed by atoms with van der Waals surface area (Å²) in [6.45, 7) is 1.67. The highest BCUT2D eigenvalue weighted by molar-refractivity contribution is 7.09. The maximum atomic E-state index is 12.5. The number of thiazole rings is 1. The molecule has 0 spiro atoms. The van der Waals surface area contributed by atoms with Crippen LogP contribution in [0.2, 0.25) is 0 Å². The van der Waals surface area contributed by atoms with Gasteiger partial charge in [-0.1, -0.05) is 12.1 Å². The molecule has 1 saturated carbocycles. The van der Waals surface area contributed by atoms with E-state index < -0.39 is 0 Å². The average Bonchev–Trinajstić information content (AvgIpc) is 3.35. The Hall–Kier alpha value is -2.28. The van der Waals surface area contributed by atoms with Crippen molar-refractivity contribution in [1.82, 2.24) is 15.2 Å². The van der Waals surface area contributed by atoms with Crippen LogP contribution in [0.4, 0.5) is 4.79 Å². The SMILES string of the molecule is O=C(NCC[C@H]1COc2ccccc2O1)N(Cc1nccs1)C1CC1. The molecule has 6 nitrogen and oxygen atoms in total. The number of para-hydroxylation sites is 2. The first-order valence-electron chi connectivity index (χ1n) is 8.61. The highest BCUT2D eigenvalue weighted by Gasteiger charge is 2.33. The van der Waals surface area contributed by atoms with Gasteiger partial charge in [-0.25, -0.2) is 9.78 Å². The number of fused-ring (bicyclic) bond motifs is 1. The third-order valence-corrected chi connectivity index (χ3v) is 5.11. The van der Waals surface area contributed by atoms with Crippen LogP contribution < -0.4 is 14.8 Å². The molecule has 2 aromatic rings. The number of hydrogen-bond acceptors (Lipinski definition) is 5. The number of rotatable bonds is 6. The maximum absolute atomic E-state index is 12.5. The molecule has 1 aliphatic heterocycles. The molecule has 2 amide bonds. The van der Waals surface area contributed by atoms with Gasteiger partial charge in [0.05, 0.1) is 6.54 Å². The van der Waals surface area contributed by atoms with Gasteiger partial charge >= 0.3 is 6.03 Å². The van der Waals surface area contributed by atoms with Crippen molar-refractivity contribution in [3.05, 3.63) is 40.8 Å². The predicted octanol–water partition coefficient (Wildman–Crippen LogP) is 3.05. The molecule has 25 heavy (non-hydrogen) atoms. The van der Waals surface area contributed by atoms with E-state index in [0.29, 0.717) is 25.7 Å². The van der Waals surface area contributed by atoms with Crippen LogP contribution in [-0.4, -0.2) is 41.2 Å². The Balaban J connectivity index is 1.26. The van der Waals surface area contributed by atoms with Crippen LogP contribution in [0.25, 0.3) is 0 Å². The maximum Gasteiger partial charge on any atom is 0.318 e. The molecule has 7 heteroatoms. The molecule has 1 fully saturated rings. The smallest absolute Gasteiger partial charge is 0.318 e. The van der Waals surface area contributed by atoms with Crippen LogP contribution in [0.5, 0.6) is 11.5 Å². The Morgan fingerprint density at radius 1 is 1.32 bits per heavy atom. The largest absolute Gasteiger partial charge is 0.486 e. The summed E-state index contributed by atoms with van der Waals surface area (Å²) in [5, 5.41) is 5.93. The predicted molar refractivity (Wildman–Crippen MR) is 95.0 cm³/mol. The van der Waals surface area contributed by atoms with Crippen LogP contribution in [0.1, 0.15) is 24.3 Å². The molecule has 2 heterocycles. The van der Waals surface area contributed by atoms with E-state index >= 15 is 0 Å². The highest BCUT2D eigenvalue weighted by atomic mass is 32.1. The van der Waals surface area contributed by atoms with Crippen molar-refractivity contribution in [3.8, 4) is 11.5 Å². The van der Waals surface area contributed by atoms with Gasteiger partial charge in [-0.3, -0.25) is 0 Å². The van der Waals surface area contributed by atoms with Crippen LogP contribution in [0.3, 0.4) is 0 Å². The fourth-order valence-electron chi connectivity index (χ4n) is 2.88. The number of benzene rings is 1. The summed E-state index contributed by atoms with van der Waals surface area (Å²) in [4.78, 5) is 18.7. The minimum atomic E-state index is -0.0384. The number of hydrogen-bond donors (Lipinski definition) is 1. The molecule has 1 atom stereocenters. The van der Waals surface area contributed by atoms with Crippen molar-refractivity contribution in [1.29, 1.82) is 0 Å². The molecule has 1 aromatic heterocycles. The van der Waals surface area contributed by atoms with E-state index in [9.17, 15) is 4.79 Å². The minimum Gasteiger partial charge on any atom is -0.486 e. The lowest BCUT2D eigenvalue weighted by Crippen LogP contribution is -2.42. The fourth-order valence-corrected chi connectivity index (χ4v) is 3.49. The lowest BCUT2D eigenvalue weighted by atomic mass is 10.2. The monoisotopic (exact) mass is 359 g/mol. The number of urea groups is 1. The number of amides is 2. The number of nitrogens with zero attached hydrogens (tertiary/aromatic N) is 2. The van der Waals surface area contributed by atoms with Gasteiger partial charge in [-0.2, -0.15) is 0 Å². The molecule has 0 radical (unpaired) electrons. The summed E-state index contributed by atoms with van der Waals surface area (Å²) >= 11 is 1.58. The van der Waals surface area contributed by atoms with Gasteiger partial charge in [0.2, 0.25) is 0 Å². The number of nitrogens with one attached hydrogen (secondary N) is 1. The van der Waals surface area contributed by atoms with Crippen LogP contribution in [0.15, 0.2) is 35.8 Å². The molecular weight excluding hydrogens is 338 g/mol. The van der Waals surface area contributed by atoms with E-state index in [-0.39, 0.29) is 12.1 Å². The Morgan fingerprint density at radius 2 is 2.16 bits per heavy atom. The van der Waals surface area contributed by atoms with Crippen molar-refractivity contribution < 1.29 is 14.3 Å². The van der Waals surface area contributed by atoms with Crippen molar-refractivity contribution in [3.63, 3.8) is 0 Å². The normalized spacial score (nSPS) is 18.6. The van der Waals surface area contributed by atoms with Gasteiger partial charge in [0.25, 0.3) is 0 Å². The van der Waals surface area contributed by atoms with Crippen LogP contribution in [-0.2, 0) is 6.54 Å². The van der Waals surface area contributed by atoms with E-state index in [1.807, 2.05) is 34.5 Å². The van der Waals surface area contributed by atoms with Gasteiger partial charge in [-0.05, 0) is 25.0 Å². The number of ether oxygens (including phenoxy) is 2. The van der Waals surface area contributed by atoms with Crippen molar-refractivity contribution >= 4 is 17.4 Å². The molecule has 0 unspecified atom stereocenters. The standard InChI is InChI=1S/C18H21N3O3S/c22-18(21(13-5-6-13)11-17-19-9-10-25-17)20-8-7-14-12-23-15-3-1-2-4-16(15)24-14/h1-4,9-10,13-14H,5-8,11-12H2,(H,20,22)/t14-/m0/s1. The van der Waals surface area contributed by atoms with Crippen molar-refractivity contribution in [2.24, 2.45) is 0 Å². The van der Waals surface area contributed by atoms with Crippen molar-refractivity contribution in [2.75, 3.05) is 13.2 Å². The zero-order valence-electron chi connectivity index (χ0n) is 13.9. The second kappa shape index (κ2) is 7.31. The van der Waals surface area contributed by atoms with Crippen LogP contribution >= 0.6 is 11.3 Å². The molecule has 0 bridgehead atoms. The first kappa shape index (κ1) is 16.2. The lowest BCUT2D eigenvalue weighted by molar-refractivity contribution is 0.0848. The first-order chi connectivity index (χ1) is 12.3. The molecule has 1 N–H and O–H groups in total. The lowest BCUT2D eigenvalue weighted by Gasteiger charge is -2.27. The molecule has 132 valence electrons. The number of carbonyl (C=O) groups excluding carboxylic acids is 1. The second-order valence-corrected chi connectivity index (χ2v) is 7.28. The first-order valence-corrected chi connectivity index (χ1v) is 9.49. The number of aromatic nitrogens is 1. The van der Waals surface area contributed by atoms with Gasteiger partial charge in [0.1, 0.15) is 17.7 Å². The summed E-state index contributed by atoms with van der Waals surface area (Å²) in [7, 11) is 0. The Bertz CT molecular complexity index is 718. The molecule has 0 saturated heterocycles. The van der Waals surface area contributed by atoms with E-state index in [4.69, 9.17) is 9.47 Å². The molecule has 2 aliphatic rings. The van der Waals surface area contributed by atoms with Gasteiger partial charge in [-0.15, -0.1) is 11.3 Å². The molecule has 1 aliphatic carbocycles. The van der Waals surface area contributed by atoms with Crippen LogP contribution in [0, 0.1) is 0 Å². The van der Waals surface area contributed by atoms with Gasteiger partial charge in [0.15, 0.2) is 11.5 Å². The second-order valence-electron chi connectivity index (χ2n) is 6.30. The van der Waals surface area contributed by atoms with E-state index in [1.54, 1.807) is 17.5 Å². The average molecular weight is 359 g/mol. The number of carbonyl (C=O) groups is 1. The topological polar surface area (TPSA) is 63.7 Å². The van der Waals surface area contributed by atoms with Gasteiger partial charge in [0, 0.05) is 30.6 Å². The molecular formula is C18H21N3O3S. The van der Waals surface area contributed by atoms with Crippen molar-refractivity contribution in [2.45, 2.75) is 38.0 Å². The molecule has 4 rings (SSSR count).